The molecule has 0 radical (unpaired) electrons. The Bertz CT molecular complexity index is 490. The first kappa shape index (κ1) is 15.3. The molecular formula is C13H16FNO4. The zero-order valence-corrected chi connectivity index (χ0v) is 10.7. The Morgan fingerprint density at radius 3 is 2.47 bits per heavy atom. The van der Waals surface area contributed by atoms with Crippen LogP contribution in [0.2, 0.25) is 0 Å². The summed E-state index contributed by atoms with van der Waals surface area (Å²) in [7, 11) is 0. The molecule has 104 valence electrons. The Hall–Kier alpha value is -1.79. The smallest absolute Gasteiger partial charge is 0.216 e. The van der Waals surface area contributed by atoms with Gasteiger partial charge in [-0.15, -0.1) is 0 Å². The van der Waals surface area contributed by atoms with Gasteiger partial charge < -0.3 is 15.5 Å². The fraction of sp³-hybridized carbons (Fsp3) is 0.385. The minimum absolute atomic E-state index is 0.175. The molecular weight excluding hydrogens is 253 g/mol. The second-order valence-corrected chi connectivity index (χ2v) is 4.24. The van der Waals surface area contributed by atoms with Crippen molar-refractivity contribution >= 4 is 11.7 Å². The van der Waals surface area contributed by atoms with Crippen LogP contribution in [0.25, 0.3) is 0 Å². The van der Waals surface area contributed by atoms with Crippen LogP contribution in [0, 0.1) is 5.82 Å². The maximum Gasteiger partial charge on any atom is 0.216 e. The number of nitrogens with one attached hydrogen (secondary N) is 1. The molecule has 0 aliphatic carbocycles. The van der Waals surface area contributed by atoms with Gasteiger partial charge in [-0.25, -0.2) is 4.39 Å². The largest absolute Gasteiger partial charge is 0.388 e. The molecule has 0 aromatic heterocycles. The zero-order valence-electron chi connectivity index (χ0n) is 10.7. The molecule has 0 bridgehead atoms. The Balaban J connectivity index is 2.91. The number of benzene rings is 1. The van der Waals surface area contributed by atoms with Crippen LogP contribution in [0.3, 0.4) is 0 Å². The Labute approximate surface area is 110 Å². The normalized spacial score (nSPS) is 13.7. The van der Waals surface area contributed by atoms with Gasteiger partial charge in [-0.05, 0) is 25.1 Å². The van der Waals surface area contributed by atoms with Crippen molar-refractivity contribution in [2.75, 3.05) is 6.54 Å². The van der Waals surface area contributed by atoms with Crippen LogP contribution in [0.4, 0.5) is 4.39 Å². The molecule has 0 fully saturated rings. The van der Waals surface area contributed by atoms with Gasteiger partial charge in [-0.1, -0.05) is 0 Å². The number of hydrogen-bond acceptors (Lipinski definition) is 4. The van der Waals surface area contributed by atoms with Crippen LogP contribution in [-0.4, -0.2) is 34.6 Å². The number of amides is 1. The van der Waals surface area contributed by atoms with E-state index in [0.29, 0.717) is 0 Å². The van der Waals surface area contributed by atoms with E-state index < -0.39 is 18.0 Å². The number of carbonyl (C=O) groups is 2. The van der Waals surface area contributed by atoms with Gasteiger partial charge in [-0.2, -0.15) is 0 Å². The van der Waals surface area contributed by atoms with Crippen molar-refractivity contribution in [1.29, 1.82) is 0 Å². The number of ketones is 1. The summed E-state index contributed by atoms with van der Waals surface area (Å²) in [5, 5.41) is 21.8. The number of halogens is 1. The first-order valence-electron chi connectivity index (χ1n) is 5.74. The van der Waals surface area contributed by atoms with Crippen LogP contribution < -0.4 is 5.32 Å². The zero-order chi connectivity index (χ0) is 14.6. The van der Waals surface area contributed by atoms with Gasteiger partial charge in [0.15, 0.2) is 5.78 Å². The summed E-state index contributed by atoms with van der Waals surface area (Å²) in [4.78, 5) is 21.9. The quantitative estimate of drug-likeness (QED) is 0.682. The molecule has 0 aliphatic rings. The highest BCUT2D eigenvalue weighted by molar-refractivity contribution is 5.94. The van der Waals surface area contributed by atoms with Gasteiger partial charge in [0.05, 0.1) is 0 Å². The number of carbonyl (C=O) groups excluding carboxylic acids is 2. The van der Waals surface area contributed by atoms with Crippen LogP contribution in [0.1, 0.15) is 35.9 Å². The van der Waals surface area contributed by atoms with Gasteiger partial charge >= 0.3 is 0 Å². The summed E-state index contributed by atoms with van der Waals surface area (Å²) in [6.45, 7) is 2.37. The van der Waals surface area contributed by atoms with Crippen molar-refractivity contribution in [3.05, 3.63) is 35.1 Å². The molecule has 0 aliphatic heterocycles. The van der Waals surface area contributed by atoms with Crippen molar-refractivity contribution in [1.82, 2.24) is 5.32 Å². The number of rotatable bonds is 5. The molecule has 1 aromatic carbocycles. The molecule has 19 heavy (non-hydrogen) atoms. The standard InChI is InChI=1S/C13H16FNO4/c1-7(16)9-3-4-11(14)10(5-9)13(19)12(18)6-15-8(2)17/h3-5,12-13,18-19H,6H2,1-2H3,(H,15,17). The molecule has 2 unspecified atom stereocenters. The van der Waals surface area contributed by atoms with Crippen LogP contribution in [0.5, 0.6) is 0 Å². The molecule has 0 saturated heterocycles. The Morgan fingerprint density at radius 1 is 1.32 bits per heavy atom. The highest BCUT2D eigenvalue weighted by Gasteiger charge is 2.22. The predicted octanol–water partition coefficient (Wildman–Crippen LogP) is 0.559. The highest BCUT2D eigenvalue weighted by atomic mass is 19.1. The summed E-state index contributed by atoms with van der Waals surface area (Å²) in [6.07, 6.45) is -2.88. The third kappa shape index (κ3) is 4.11. The minimum atomic E-state index is -1.52. The second-order valence-electron chi connectivity index (χ2n) is 4.24. The maximum atomic E-state index is 13.6. The Kier molecular flexibility index (Phi) is 5.14. The molecule has 1 aromatic rings. The van der Waals surface area contributed by atoms with E-state index >= 15 is 0 Å². The molecule has 1 amide bonds. The fourth-order valence-corrected chi connectivity index (χ4v) is 1.56. The van der Waals surface area contributed by atoms with Crippen molar-refractivity contribution in [2.45, 2.75) is 26.1 Å². The predicted molar refractivity (Wildman–Crippen MR) is 66.1 cm³/mol. The van der Waals surface area contributed by atoms with E-state index in [1.807, 2.05) is 0 Å². The maximum absolute atomic E-state index is 13.6. The van der Waals surface area contributed by atoms with E-state index in [1.165, 1.54) is 26.0 Å². The first-order chi connectivity index (χ1) is 8.82. The van der Waals surface area contributed by atoms with E-state index in [4.69, 9.17) is 0 Å². The van der Waals surface area contributed by atoms with Gasteiger partial charge in [0.2, 0.25) is 5.91 Å². The minimum Gasteiger partial charge on any atom is -0.388 e. The molecule has 3 N–H and O–H groups in total. The average molecular weight is 269 g/mol. The SMILES string of the molecule is CC(=O)NCC(O)C(O)c1cc(C(C)=O)ccc1F. The molecule has 2 atom stereocenters. The van der Waals surface area contributed by atoms with Crippen molar-refractivity contribution in [3.63, 3.8) is 0 Å². The third-order valence-corrected chi connectivity index (χ3v) is 2.65. The summed E-state index contributed by atoms with van der Waals surface area (Å²) in [6, 6.07) is 3.55. The Morgan fingerprint density at radius 2 is 1.95 bits per heavy atom. The van der Waals surface area contributed by atoms with Crippen LogP contribution in [-0.2, 0) is 4.79 Å². The van der Waals surface area contributed by atoms with Crippen molar-refractivity contribution in [3.8, 4) is 0 Å². The van der Waals surface area contributed by atoms with E-state index in [-0.39, 0.29) is 29.4 Å². The van der Waals surface area contributed by atoms with E-state index in [9.17, 15) is 24.2 Å². The molecule has 0 saturated carbocycles. The molecule has 0 heterocycles. The van der Waals surface area contributed by atoms with E-state index in [1.54, 1.807) is 0 Å². The fourth-order valence-electron chi connectivity index (χ4n) is 1.56. The number of aliphatic hydroxyl groups is 2. The third-order valence-electron chi connectivity index (χ3n) is 2.65. The van der Waals surface area contributed by atoms with Crippen molar-refractivity contribution < 1.29 is 24.2 Å². The molecule has 0 spiro atoms. The summed E-state index contributed by atoms with van der Waals surface area (Å²) in [5.74, 6) is -1.37. The molecule has 6 heteroatoms. The number of Topliss-reactive ketones (excluding diaryl/α,β-unsaturated/α-hetero) is 1. The lowest BCUT2D eigenvalue weighted by Gasteiger charge is -2.19. The number of aliphatic hydroxyl groups excluding tert-OH is 2. The second kappa shape index (κ2) is 6.40. The summed E-state index contributed by atoms with van der Waals surface area (Å²) >= 11 is 0. The van der Waals surface area contributed by atoms with Crippen molar-refractivity contribution in [2.24, 2.45) is 0 Å². The summed E-state index contributed by atoms with van der Waals surface area (Å²) < 4.78 is 13.6. The van der Waals surface area contributed by atoms with Gasteiger partial charge in [-0.3, -0.25) is 9.59 Å². The highest BCUT2D eigenvalue weighted by Crippen LogP contribution is 2.21. The van der Waals surface area contributed by atoms with E-state index in [2.05, 4.69) is 5.32 Å². The lowest BCUT2D eigenvalue weighted by atomic mass is 10.00. The molecule has 1 rings (SSSR count). The monoisotopic (exact) mass is 269 g/mol. The summed E-state index contributed by atoms with van der Waals surface area (Å²) in [5.41, 5.74) is 0.0627. The van der Waals surface area contributed by atoms with Crippen LogP contribution in [0.15, 0.2) is 18.2 Å². The van der Waals surface area contributed by atoms with Gasteiger partial charge in [0.25, 0.3) is 0 Å². The number of hydrogen-bond donors (Lipinski definition) is 3. The lowest BCUT2D eigenvalue weighted by Crippen LogP contribution is -2.34. The topological polar surface area (TPSA) is 86.6 Å². The molecule has 5 nitrogen and oxygen atoms in total. The van der Waals surface area contributed by atoms with Gasteiger partial charge in [0.1, 0.15) is 18.0 Å². The van der Waals surface area contributed by atoms with E-state index in [0.717, 1.165) is 6.07 Å². The van der Waals surface area contributed by atoms with Gasteiger partial charge in [0, 0.05) is 24.6 Å². The first-order valence-corrected chi connectivity index (χ1v) is 5.74. The lowest BCUT2D eigenvalue weighted by molar-refractivity contribution is -0.119. The van der Waals surface area contributed by atoms with Crippen LogP contribution >= 0.6 is 0 Å². The average Bonchev–Trinajstić information content (AvgIpc) is 2.35.